The van der Waals surface area contributed by atoms with Crippen LogP contribution in [-0.2, 0) is 17.8 Å². The molecule has 0 bridgehead atoms. The number of nitrogens with zero attached hydrogens (tertiary/aromatic N) is 1. The van der Waals surface area contributed by atoms with Crippen molar-refractivity contribution in [2.24, 2.45) is 5.73 Å². The molecule has 0 atom stereocenters. The standard InChI is InChI=1S/C9H9BrF2N2O2/c10-5-3-14-6(2-13)4(1-7(15)16)8(5)9(11)12/h3,9H,1-2,13H2,(H,15,16). The van der Waals surface area contributed by atoms with Crippen LogP contribution in [0.25, 0.3) is 0 Å². The minimum atomic E-state index is -2.77. The lowest BCUT2D eigenvalue weighted by Gasteiger charge is -2.12. The van der Waals surface area contributed by atoms with E-state index in [1.165, 1.54) is 6.20 Å². The van der Waals surface area contributed by atoms with Crippen molar-refractivity contribution in [1.29, 1.82) is 0 Å². The Hall–Kier alpha value is -1.08. The normalized spacial score (nSPS) is 10.8. The molecule has 1 heterocycles. The van der Waals surface area contributed by atoms with Gasteiger partial charge in [0.25, 0.3) is 6.43 Å². The molecular formula is C9H9BrF2N2O2. The third-order valence-electron chi connectivity index (χ3n) is 2.00. The molecule has 1 aromatic heterocycles. The summed E-state index contributed by atoms with van der Waals surface area (Å²) in [6, 6.07) is 0. The second kappa shape index (κ2) is 5.31. The highest BCUT2D eigenvalue weighted by Crippen LogP contribution is 2.31. The number of carboxylic acids is 1. The molecule has 7 heteroatoms. The molecule has 4 nitrogen and oxygen atoms in total. The highest BCUT2D eigenvalue weighted by Gasteiger charge is 2.22. The number of alkyl halides is 2. The predicted octanol–water partition coefficient (Wildman–Crippen LogP) is 1.87. The number of carbonyl (C=O) groups is 1. The molecule has 88 valence electrons. The van der Waals surface area contributed by atoms with Gasteiger partial charge in [0.15, 0.2) is 0 Å². The van der Waals surface area contributed by atoms with E-state index in [0.717, 1.165) is 0 Å². The van der Waals surface area contributed by atoms with Gasteiger partial charge in [0.1, 0.15) is 0 Å². The number of halogens is 3. The molecule has 0 aromatic carbocycles. The van der Waals surface area contributed by atoms with Crippen LogP contribution >= 0.6 is 15.9 Å². The quantitative estimate of drug-likeness (QED) is 0.889. The number of aromatic nitrogens is 1. The van der Waals surface area contributed by atoms with Gasteiger partial charge in [-0.15, -0.1) is 0 Å². The monoisotopic (exact) mass is 294 g/mol. The third-order valence-corrected chi connectivity index (χ3v) is 2.64. The molecule has 3 N–H and O–H groups in total. The van der Waals surface area contributed by atoms with Gasteiger partial charge in [-0.2, -0.15) is 0 Å². The lowest BCUT2D eigenvalue weighted by Crippen LogP contribution is -2.12. The van der Waals surface area contributed by atoms with Crippen molar-refractivity contribution < 1.29 is 18.7 Å². The Morgan fingerprint density at radius 1 is 1.62 bits per heavy atom. The third kappa shape index (κ3) is 2.73. The van der Waals surface area contributed by atoms with Crippen LogP contribution in [0.1, 0.15) is 23.2 Å². The van der Waals surface area contributed by atoms with E-state index in [2.05, 4.69) is 20.9 Å². The Morgan fingerprint density at radius 3 is 2.69 bits per heavy atom. The second-order valence-corrected chi connectivity index (χ2v) is 3.87. The van der Waals surface area contributed by atoms with E-state index in [4.69, 9.17) is 10.8 Å². The number of aliphatic carboxylic acids is 1. The topological polar surface area (TPSA) is 76.2 Å². The highest BCUT2D eigenvalue weighted by molar-refractivity contribution is 9.10. The van der Waals surface area contributed by atoms with Crippen molar-refractivity contribution in [3.05, 3.63) is 27.5 Å². The van der Waals surface area contributed by atoms with E-state index < -0.39 is 18.8 Å². The Kier molecular flexibility index (Phi) is 4.31. The van der Waals surface area contributed by atoms with Gasteiger partial charge in [-0.25, -0.2) is 8.78 Å². The van der Waals surface area contributed by atoms with E-state index in [9.17, 15) is 13.6 Å². The second-order valence-electron chi connectivity index (χ2n) is 3.02. The summed E-state index contributed by atoms with van der Waals surface area (Å²) in [5.41, 5.74) is 5.15. The van der Waals surface area contributed by atoms with Crippen molar-refractivity contribution in [1.82, 2.24) is 4.98 Å². The van der Waals surface area contributed by atoms with Crippen LogP contribution < -0.4 is 5.73 Å². The molecule has 0 unspecified atom stereocenters. The fourth-order valence-electron chi connectivity index (χ4n) is 1.34. The lowest BCUT2D eigenvalue weighted by molar-refractivity contribution is -0.136. The summed E-state index contributed by atoms with van der Waals surface area (Å²) in [6.07, 6.45) is -2.08. The average molecular weight is 295 g/mol. The van der Waals surface area contributed by atoms with Gasteiger partial charge in [0.05, 0.1) is 12.1 Å². The molecule has 0 spiro atoms. The minimum Gasteiger partial charge on any atom is -0.481 e. The number of nitrogens with two attached hydrogens (primary N) is 1. The molecule has 0 radical (unpaired) electrons. The molecule has 0 aliphatic rings. The summed E-state index contributed by atoms with van der Waals surface area (Å²) >= 11 is 2.92. The Labute approximate surface area is 98.6 Å². The van der Waals surface area contributed by atoms with Crippen LogP contribution in [0.5, 0.6) is 0 Å². The molecule has 1 rings (SSSR count). The van der Waals surface area contributed by atoms with Crippen molar-refractivity contribution in [3.8, 4) is 0 Å². The molecule has 1 aromatic rings. The first-order chi connectivity index (χ1) is 7.47. The maximum absolute atomic E-state index is 12.8. The van der Waals surface area contributed by atoms with Crippen LogP contribution in [0.2, 0.25) is 0 Å². The maximum Gasteiger partial charge on any atom is 0.307 e. The molecule has 0 aliphatic heterocycles. The van der Waals surface area contributed by atoms with Gasteiger partial charge in [-0.3, -0.25) is 9.78 Å². The van der Waals surface area contributed by atoms with E-state index >= 15 is 0 Å². The maximum atomic E-state index is 12.8. The highest BCUT2D eigenvalue weighted by atomic mass is 79.9. The largest absolute Gasteiger partial charge is 0.481 e. The van der Waals surface area contributed by atoms with Gasteiger partial charge in [-0.1, -0.05) is 0 Å². The van der Waals surface area contributed by atoms with Crippen LogP contribution in [0.3, 0.4) is 0 Å². The van der Waals surface area contributed by atoms with Gasteiger partial charge in [-0.05, 0) is 21.5 Å². The first-order valence-electron chi connectivity index (χ1n) is 4.33. The van der Waals surface area contributed by atoms with Crippen molar-refractivity contribution in [2.45, 2.75) is 19.4 Å². The zero-order valence-electron chi connectivity index (χ0n) is 8.08. The summed E-state index contributed by atoms with van der Waals surface area (Å²) < 4.78 is 25.6. The Morgan fingerprint density at radius 2 is 2.25 bits per heavy atom. The van der Waals surface area contributed by atoms with Gasteiger partial charge in [0.2, 0.25) is 0 Å². The first kappa shape index (κ1) is 13.0. The van der Waals surface area contributed by atoms with Gasteiger partial charge >= 0.3 is 5.97 Å². The zero-order valence-corrected chi connectivity index (χ0v) is 9.67. The SMILES string of the molecule is NCc1ncc(Br)c(C(F)F)c1CC(=O)O. The summed E-state index contributed by atoms with van der Waals surface area (Å²) in [7, 11) is 0. The number of rotatable bonds is 4. The fraction of sp³-hybridized carbons (Fsp3) is 0.333. The number of carboxylic acid groups (broad SMARTS) is 1. The van der Waals surface area contributed by atoms with Crippen LogP contribution in [0, 0.1) is 0 Å². The zero-order chi connectivity index (χ0) is 12.3. The molecular weight excluding hydrogens is 286 g/mol. The molecule has 0 fully saturated rings. The lowest BCUT2D eigenvalue weighted by atomic mass is 10.0. The van der Waals surface area contributed by atoms with E-state index in [-0.39, 0.29) is 27.8 Å². The Bertz CT molecular complexity index is 413. The number of hydrogen-bond acceptors (Lipinski definition) is 3. The van der Waals surface area contributed by atoms with E-state index in [1.54, 1.807) is 0 Å². The van der Waals surface area contributed by atoms with Crippen LogP contribution in [0.15, 0.2) is 10.7 Å². The molecule has 0 amide bonds. The van der Waals surface area contributed by atoms with Crippen molar-refractivity contribution in [3.63, 3.8) is 0 Å². The molecule has 0 saturated heterocycles. The van der Waals surface area contributed by atoms with E-state index in [1.807, 2.05) is 0 Å². The summed E-state index contributed by atoms with van der Waals surface area (Å²) in [6.45, 7) is -0.0738. The number of hydrogen-bond donors (Lipinski definition) is 2. The summed E-state index contributed by atoms with van der Waals surface area (Å²) in [5, 5.41) is 8.66. The predicted molar refractivity (Wildman–Crippen MR) is 56.1 cm³/mol. The molecule has 0 saturated carbocycles. The summed E-state index contributed by atoms with van der Waals surface area (Å²) in [5.74, 6) is -1.20. The van der Waals surface area contributed by atoms with Gasteiger partial charge < -0.3 is 10.8 Å². The molecule has 0 aliphatic carbocycles. The van der Waals surface area contributed by atoms with Crippen molar-refractivity contribution >= 4 is 21.9 Å². The van der Waals surface area contributed by atoms with Crippen LogP contribution in [0.4, 0.5) is 8.78 Å². The fourth-order valence-corrected chi connectivity index (χ4v) is 1.86. The van der Waals surface area contributed by atoms with Gasteiger partial charge in [0, 0.05) is 22.8 Å². The minimum absolute atomic E-state index is 0.0145. The summed E-state index contributed by atoms with van der Waals surface area (Å²) in [4.78, 5) is 14.4. The Balaban J connectivity index is 3.36. The van der Waals surface area contributed by atoms with Crippen molar-refractivity contribution in [2.75, 3.05) is 0 Å². The first-order valence-corrected chi connectivity index (χ1v) is 5.12. The molecule has 16 heavy (non-hydrogen) atoms. The number of pyridine rings is 1. The smallest absolute Gasteiger partial charge is 0.307 e. The average Bonchev–Trinajstić information content (AvgIpc) is 2.16. The van der Waals surface area contributed by atoms with E-state index in [0.29, 0.717) is 0 Å². The van der Waals surface area contributed by atoms with Crippen LogP contribution in [-0.4, -0.2) is 16.1 Å².